The van der Waals surface area contributed by atoms with Gasteiger partial charge in [-0.3, -0.25) is 9.20 Å². The predicted octanol–water partition coefficient (Wildman–Crippen LogP) is 4.32. The number of benzene rings is 1. The number of halogens is 1. The van der Waals surface area contributed by atoms with Gasteiger partial charge in [0.1, 0.15) is 28.4 Å². The third kappa shape index (κ3) is 3.99. The molecular weight excluding hydrogens is 436 g/mol. The van der Waals surface area contributed by atoms with Crippen LogP contribution in [0.2, 0.25) is 5.02 Å². The van der Waals surface area contributed by atoms with Crippen LogP contribution in [0.3, 0.4) is 0 Å². The van der Waals surface area contributed by atoms with Crippen LogP contribution < -0.4 is 10.5 Å². The topological polar surface area (TPSA) is 114 Å². The summed E-state index contributed by atoms with van der Waals surface area (Å²) < 4.78 is 7.85. The summed E-state index contributed by atoms with van der Waals surface area (Å²) >= 11 is 7.53. The molecule has 3 aromatic heterocycles. The van der Waals surface area contributed by atoms with Crippen LogP contribution in [0.5, 0.6) is 5.75 Å². The largest absolute Gasteiger partial charge is 0.484 e. The maximum absolute atomic E-state index is 12.1. The van der Waals surface area contributed by atoms with Crippen molar-refractivity contribution in [2.45, 2.75) is 19.6 Å². The van der Waals surface area contributed by atoms with Crippen LogP contribution in [0.1, 0.15) is 39.4 Å². The van der Waals surface area contributed by atoms with Crippen LogP contribution in [0.4, 0.5) is 0 Å². The fourth-order valence-corrected chi connectivity index (χ4v) is 4.55. The van der Waals surface area contributed by atoms with Gasteiger partial charge in [-0.2, -0.15) is 5.26 Å². The molecular formula is C22H17ClN4O3S. The molecule has 4 aromatic rings. The average Bonchev–Trinajstić information content (AvgIpc) is 3.36. The minimum absolute atomic E-state index is 0.109. The number of hydrogen-bond acceptors (Lipinski definition) is 6. The first kappa shape index (κ1) is 20.9. The van der Waals surface area contributed by atoms with Gasteiger partial charge < -0.3 is 15.6 Å². The number of amides is 1. The molecule has 0 radical (unpaired) electrons. The molecule has 0 aliphatic carbocycles. The minimum Gasteiger partial charge on any atom is -0.484 e. The number of pyridine rings is 1. The first-order chi connectivity index (χ1) is 14.9. The van der Waals surface area contributed by atoms with Crippen LogP contribution in [-0.4, -0.2) is 20.4 Å². The van der Waals surface area contributed by atoms with E-state index in [1.807, 2.05) is 6.92 Å². The lowest BCUT2D eigenvalue weighted by Gasteiger charge is -2.16. The molecule has 9 heteroatoms. The number of aliphatic hydroxyl groups is 1. The summed E-state index contributed by atoms with van der Waals surface area (Å²) in [7, 11) is 0. The minimum atomic E-state index is -0.605. The van der Waals surface area contributed by atoms with Gasteiger partial charge >= 0.3 is 0 Å². The zero-order valence-corrected chi connectivity index (χ0v) is 17.9. The number of nitriles is 1. The number of imidazole rings is 1. The summed E-state index contributed by atoms with van der Waals surface area (Å²) in [6.07, 6.45) is 2.89. The number of ether oxygens (including phenoxy) is 1. The molecule has 0 fully saturated rings. The molecule has 0 saturated carbocycles. The van der Waals surface area contributed by atoms with Crippen LogP contribution in [0, 0.1) is 11.3 Å². The van der Waals surface area contributed by atoms with Crippen molar-refractivity contribution >= 4 is 34.5 Å². The third-order valence-corrected chi connectivity index (χ3v) is 6.28. The maximum atomic E-state index is 12.1. The van der Waals surface area contributed by atoms with E-state index in [4.69, 9.17) is 22.1 Å². The van der Waals surface area contributed by atoms with Crippen LogP contribution >= 0.6 is 22.9 Å². The second-order valence-corrected chi connectivity index (χ2v) is 8.30. The Labute approximate surface area is 186 Å². The van der Waals surface area contributed by atoms with E-state index in [-0.39, 0.29) is 11.5 Å². The van der Waals surface area contributed by atoms with E-state index in [0.717, 1.165) is 10.4 Å². The molecule has 1 unspecified atom stereocenters. The lowest BCUT2D eigenvalue weighted by atomic mass is 10.1. The lowest BCUT2D eigenvalue weighted by molar-refractivity contribution is 0.0998. The van der Waals surface area contributed by atoms with Gasteiger partial charge in [-0.15, -0.1) is 11.3 Å². The highest BCUT2D eigenvalue weighted by molar-refractivity contribution is 7.17. The first-order valence-corrected chi connectivity index (χ1v) is 10.5. The van der Waals surface area contributed by atoms with Crippen molar-refractivity contribution in [3.63, 3.8) is 0 Å². The van der Waals surface area contributed by atoms with E-state index < -0.39 is 12.0 Å². The quantitative estimate of drug-likeness (QED) is 0.452. The van der Waals surface area contributed by atoms with Crippen molar-refractivity contribution in [3.8, 4) is 22.4 Å². The molecule has 4 rings (SSSR count). The molecule has 7 nitrogen and oxygen atoms in total. The van der Waals surface area contributed by atoms with E-state index in [9.17, 15) is 15.2 Å². The van der Waals surface area contributed by atoms with Crippen LogP contribution in [0.15, 0.2) is 48.8 Å². The summed E-state index contributed by atoms with van der Waals surface area (Å²) in [6.45, 7) is 1.71. The molecule has 0 saturated heterocycles. The number of carbonyl (C=O) groups excluding carboxylic acids is 1. The van der Waals surface area contributed by atoms with Gasteiger partial charge in [0.05, 0.1) is 28.9 Å². The van der Waals surface area contributed by atoms with E-state index in [1.54, 1.807) is 53.2 Å². The van der Waals surface area contributed by atoms with Crippen LogP contribution in [-0.2, 0) is 6.61 Å². The predicted molar refractivity (Wildman–Crippen MR) is 118 cm³/mol. The molecule has 1 aromatic carbocycles. The zero-order chi connectivity index (χ0) is 22.1. The Bertz CT molecular complexity index is 1340. The Morgan fingerprint density at radius 2 is 2.19 bits per heavy atom. The summed E-state index contributed by atoms with van der Waals surface area (Å²) in [4.78, 5) is 17.4. The second kappa shape index (κ2) is 8.40. The molecule has 31 heavy (non-hydrogen) atoms. The molecule has 3 N–H and O–H groups in total. The summed E-state index contributed by atoms with van der Waals surface area (Å²) in [6, 6.07) is 12.5. The molecule has 3 heterocycles. The van der Waals surface area contributed by atoms with Crippen molar-refractivity contribution in [2.24, 2.45) is 5.73 Å². The van der Waals surface area contributed by atoms with Crippen molar-refractivity contribution in [1.82, 2.24) is 9.38 Å². The molecule has 1 atom stereocenters. The molecule has 0 spiro atoms. The Kier molecular flexibility index (Phi) is 5.65. The van der Waals surface area contributed by atoms with Gasteiger partial charge in [-0.1, -0.05) is 23.7 Å². The summed E-state index contributed by atoms with van der Waals surface area (Å²) in [5.41, 5.74) is 8.89. The second-order valence-electron chi connectivity index (χ2n) is 6.84. The monoisotopic (exact) mass is 452 g/mol. The number of aromatic nitrogens is 2. The molecule has 0 bridgehead atoms. The Morgan fingerprint density at radius 3 is 2.87 bits per heavy atom. The van der Waals surface area contributed by atoms with Crippen molar-refractivity contribution in [2.75, 3.05) is 0 Å². The Balaban J connectivity index is 1.72. The van der Waals surface area contributed by atoms with Crippen LogP contribution in [0.25, 0.3) is 16.2 Å². The van der Waals surface area contributed by atoms with Gasteiger partial charge in [-0.05, 0) is 30.7 Å². The van der Waals surface area contributed by atoms with E-state index in [0.29, 0.717) is 33.2 Å². The first-order valence-electron chi connectivity index (χ1n) is 9.28. The normalized spacial score (nSPS) is 11.9. The van der Waals surface area contributed by atoms with Crippen molar-refractivity contribution in [3.05, 3.63) is 75.4 Å². The number of nitrogens with zero attached hydrogens (tertiary/aromatic N) is 3. The van der Waals surface area contributed by atoms with E-state index in [2.05, 4.69) is 11.1 Å². The molecule has 156 valence electrons. The fraction of sp³-hybridized carbons (Fsp3) is 0.136. The molecule has 1 amide bonds. The SMILES string of the molecule is CC(Oc1cc(-c2cnc3ccc(C#N)cn23)sc1C(N)=O)c1ccc(CO)cc1Cl. The number of hydrogen-bond donors (Lipinski definition) is 2. The molecule has 0 aliphatic rings. The smallest absolute Gasteiger partial charge is 0.262 e. The van der Waals surface area contributed by atoms with Crippen molar-refractivity contribution in [1.29, 1.82) is 5.26 Å². The Morgan fingerprint density at radius 1 is 1.39 bits per heavy atom. The lowest BCUT2D eigenvalue weighted by Crippen LogP contribution is -2.12. The maximum Gasteiger partial charge on any atom is 0.262 e. The van der Waals surface area contributed by atoms with Gasteiger partial charge in [0.15, 0.2) is 0 Å². The number of primary amides is 1. The molecule has 0 aliphatic heterocycles. The van der Waals surface area contributed by atoms with Crippen molar-refractivity contribution < 1.29 is 14.6 Å². The zero-order valence-electron chi connectivity index (χ0n) is 16.4. The third-order valence-electron chi connectivity index (χ3n) is 4.80. The average molecular weight is 453 g/mol. The van der Waals surface area contributed by atoms with E-state index >= 15 is 0 Å². The van der Waals surface area contributed by atoms with Gasteiger partial charge in [-0.25, -0.2) is 4.98 Å². The van der Waals surface area contributed by atoms with Gasteiger partial charge in [0.2, 0.25) is 0 Å². The number of rotatable bonds is 6. The number of aliphatic hydroxyl groups excluding tert-OH is 1. The summed E-state index contributed by atoms with van der Waals surface area (Å²) in [5.74, 6) is -0.264. The summed E-state index contributed by atoms with van der Waals surface area (Å²) in [5, 5.41) is 18.9. The highest BCUT2D eigenvalue weighted by atomic mass is 35.5. The Hall–Kier alpha value is -3.38. The highest BCUT2D eigenvalue weighted by Gasteiger charge is 2.21. The number of thiophene rings is 1. The van der Waals surface area contributed by atoms with E-state index in [1.165, 1.54) is 11.3 Å². The number of carbonyl (C=O) groups is 1. The fourth-order valence-electron chi connectivity index (χ4n) is 3.24. The van der Waals surface area contributed by atoms with Gasteiger partial charge in [0.25, 0.3) is 5.91 Å². The highest BCUT2D eigenvalue weighted by Crippen LogP contribution is 2.39. The number of fused-ring (bicyclic) bond motifs is 1. The number of nitrogens with two attached hydrogens (primary N) is 1. The van der Waals surface area contributed by atoms with Gasteiger partial charge in [0, 0.05) is 22.8 Å². The standard InChI is InChI=1S/C22H17ClN4O3S/c1-12(15-4-2-13(11-28)6-16(15)23)30-18-7-19(31-21(18)22(25)29)17-9-26-20-5-3-14(8-24)10-27(17)20/h2-7,9-10,12,28H,11H2,1H3,(H2,25,29).